The van der Waals surface area contributed by atoms with E-state index in [0.717, 1.165) is 22.8 Å². The lowest BCUT2D eigenvalue weighted by Crippen LogP contribution is -2.13. The Bertz CT molecular complexity index is 284. The zero-order valence-electron chi connectivity index (χ0n) is 6.51. The number of rotatable bonds is 2. The first-order chi connectivity index (χ1) is 5.95. The largest absolute Gasteiger partial charge is 0.417 e. The number of alkyl halides is 3. The molecule has 1 atom stereocenters. The third-order valence-electron chi connectivity index (χ3n) is 1.51. The Hall–Kier alpha value is -0.590. The van der Waals surface area contributed by atoms with E-state index in [1.165, 1.54) is 0 Å². The van der Waals surface area contributed by atoms with Gasteiger partial charge in [0.2, 0.25) is 0 Å². The van der Waals surface area contributed by atoms with Gasteiger partial charge in [-0.3, -0.25) is 0 Å². The van der Waals surface area contributed by atoms with E-state index in [-0.39, 0.29) is 6.61 Å². The molecule has 1 aromatic rings. The Morgan fingerprint density at radius 1 is 1.54 bits per heavy atom. The molecule has 0 amide bonds. The first-order valence-electron chi connectivity index (χ1n) is 3.47. The highest BCUT2D eigenvalue weighted by Gasteiger charge is 2.32. The van der Waals surface area contributed by atoms with Crippen molar-refractivity contribution in [1.82, 2.24) is 0 Å². The maximum atomic E-state index is 12.1. The van der Waals surface area contributed by atoms with E-state index in [4.69, 9.17) is 10.8 Å². The second-order valence-corrected chi connectivity index (χ2v) is 3.47. The molecular weight excluding hydrogens is 203 g/mol. The summed E-state index contributed by atoms with van der Waals surface area (Å²) in [4.78, 5) is 0.342. The molecule has 0 aliphatic rings. The summed E-state index contributed by atoms with van der Waals surface area (Å²) in [6.07, 6.45) is -4.33. The lowest BCUT2D eigenvalue weighted by atomic mass is 10.2. The van der Waals surface area contributed by atoms with Crippen molar-refractivity contribution in [3.63, 3.8) is 0 Å². The van der Waals surface area contributed by atoms with Gasteiger partial charge < -0.3 is 10.8 Å². The van der Waals surface area contributed by atoms with Crippen molar-refractivity contribution < 1.29 is 18.3 Å². The highest BCUT2D eigenvalue weighted by molar-refractivity contribution is 7.10. The van der Waals surface area contributed by atoms with Crippen LogP contribution in [-0.2, 0) is 6.18 Å². The van der Waals surface area contributed by atoms with Crippen LogP contribution in [0.5, 0.6) is 0 Å². The summed E-state index contributed by atoms with van der Waals surface area (Å²) < 4.78 is 36.2. The molecule has 0 radical (unpaired) electrons. The van der Waals surface area contributed by atoms with E-state index in [9.17, 15) is 13.2 Å². The molecule has 13 heavy (non-hydrogen) atoms. The van der Waals surface area contributed by atoms with Gasteiger partial charge in [-0.2, -0.15) is 13.2 Å². The van der Waals surface area contributed by atoms with Gasteiger partial charge in [-0.25, -0.2) is 0 Å². The number of hydrogen-bond acceptors (Lipinski definition) is 3. The van der Waals surface area contributed by atoms with Crippen LogP contribution in [0.2, 0.25) is 0 Å². The van der Waals surface area contributed by atoms with Crippen LogP contribution in [-0.4, -0.2) is 11.7 Å². The normalized spacial score (nSPS) is 14.5. The van der Waals surface area contributed by atoms with E-state index in [2.05, 4.69) is 0 Å². The van der Waals surface area contributed by atoms with Gasteiger partial charge in [0.15, 0.2) is 0 Å². The van der Waals surface area contributed by atoms with Gasteiger partial charge in [-0.05, 0) is 6.07 Å². The molecule has 0 unspecified atom stereocenters. The lowest BCUT2D eigenvalue weighted by Gasteiger charge is -2.04. The average Bonchev–Trinajstić information content (AvgIpc) is 2.50. The van der Waals surface area contributed by atoms with Crippen molar-refractivity contribution in [3.8, 4) is 0 Å². The van der Waals surface area contributed by atoms with E-state index >= 15 is 0 Å². The zero-order chi connectivity index (χ0) is 10.1. The van der Waals surface area contributed by atoms with Crippen LogP contribution in [0.4, 0.5) is 13.2 Å². The zero-order valence-corrected chi connectivity index (χ0v) is 7.32. The summed E-state index contributed by atoms with van der Waals surface area (Å²) in [7, 11) is 0. The Kier molecular flexibility index (Phi) is 2.94. The second kappa shape index (κ2) is 3.65. The summed E-state index contributed by atoms with van der Waals surface area (Å²) in [6, 6.07) is 0.243. The molecule has 1 heterocycles. The molecule has 74 valence electrons. The topological polar surface area (TPSA) is 46.2 Å². The van der Waals surface area contributed by atoms with Gasteiger partial charge in [0, 0.05) is 10.3 Å². The van der Waals surface area contributed by atoms with Crippen molar-refractivity contribution in [2.24, 2.45) is 5.73 Å². The summed E-state index contributed by atoms with van der Waals surface area (Å²) in [5, 5.41) is 9.59. The molecule has 0 saturated carbocycles. The minimum Gasteiger partial charge on any atom is -0.394 e. The monoisotopic (exact) mass is 211 g/mol. The summed E-state index contributed by atoms with van der Waals surface area (Å²) in [5.41, 5.74) is 4.63. The predicted octanol–water partition coefficient (Wildman–Crippen LogP) is 1.76. The van der Waals surface area contributed by atoms with Crippen molar-refractivity contribution in [1.29, 1.82) is 0 Å². The van der Waals surface area contributed by atoms with Crippen LogP contribution in [0.3, 0.4) is 0 Å². The molecular formula is C7H8F3NOS. The fourth-order valence-electron chi connectivity index (χ4n) is 0.786. The number of thiophene rings is 1. The van der Waals surface area contributed by atoms with Gasteiger partial charge in [0.05, 0.1) is 18.2 Å². The third kappa shape index (κ3) is 2.43. The Labute approximate surface area is 76.8 Å². The van der Waals surface area contributed by atoms with Gasteiger partial charge in [-0.1, -0.05) is 0 Å². The minimum atomic E-state index is -4.33. The van der Waals surface area contributed by atoms with E-state index in [0.29, 0.717) is 4.88 Å². The van der Waals surface area contributed by atoms with Gasteiger partial charge in [0.1, 0.15) is 0 Å². The van der Waals surface area contributed by atoms with Crippen LogP contribution in [0.25, 0.3) is 0 Å². The maximum absolute atomic E-state index is 12.1. The Morgan fingerprint density at radius 3 is 2.54 bits per heavy atom. The number of aliphatic hydroxyl groups excluding tert-OH is 1. The Morgan fingerprint density at radius 2 is 2.15 bits per heavy atom. The molecule has 0 fully saturated rings. The summed E-state index contributed by atoms with van der Waals surface area (Å²) >= 11 is 0.904. The molecule has 0 aliphatic carbocycles. The molecule has 0 spiro atoms. The highest BCUT2D eigenvalue weighted by atomic mass is 32.1. The van der Waals surface area contributed by atoms with Crippen molar-refractivity contribution in [3.05, 3.63) is 21.9 Å². The van der Waals surface area contributed by atoms with E-state index < -0.39 is 17.8 Å². The molecule has 2 nitrogen and oxygen atoms in total. The number of nitrogens with two attached hydrogens (primary N) is 1. The van der Waals surface area contributed by atoms with Gasteiger partial charge >= 0.3 is 6.18 Å². The van der Waals surface area contributed by atoms with Crippen molar-refractivity contribution in [2.45, 2.75) is 12.2 Å². The van der Waals surface area contributed by atoms with Crippen LogP contribution in [0.15, 0.2) is 11.4 Å². The molecule has 6 heteroatoms. The maximum Gasteiger partial charge on any atom is 0.417 e. The fraction of sp³-hybridized carbons (Fsp3) is 0.429. The van der Waals surface area contributed by atoms with Crippen LogP contribution in [0, 0.1) is 0 Å². The molecule has 0 aliphatic heterocycles. The van der Waals surface area contributed by atoms with E-state index in [1.807, 2.05) is 0 Å². The summed E-state index contributed by atoms with van der Waals surface area (Å²) in [6.45, 7) is -0.349. The SMILES string of the molecule is N[C@@H](CO)c1cc(C(F)(F)F)cs1. The van der Waals surface area contributed by atoms with Crippen LogP contribution < -0.4 is 5.73 Å². The third-order valence-corrected chi connectivity index (χ3v) is 2.57. The van der Waals surface area contributed by atoms with Crippen LogP contribution in [0.1, 0.15) is 16.5 Å². The smallest absolute Gasteiger partial charge is 0.394 e. The van der Waals surface area contributed by atoms with Crippen LogP contribution >= 0.6 is 11.3 Å². The minimum absolute atomic E-state index is 0.342. The van der Waals surface area contributed by atoms with E-state index in [1.54, 1.807) is 0 Å². The molecule has 0 saturated heterocycles. The summed E-state index contributed by atoms with van der Waals surface area (Å²) in [5.74, 6) is 0. The number of halogens is 3. The molecule has 1 rings (SSSR count). The lowest BCUT2D eigenvalue weighted by molar-refractivity contribution is -0.137. The molecule has 0 bridgehead atoms. The number of aliphatic hydroxyl groups is 1. The first-order valence-corrected chi connectivity index (χ1v) is 4.35. The first kappa shape index (κ1) is 10.5. The Balaban J connectivity index is 2.87. The van der Waals surface area contributed by atoms with Crippen molar-refractivity contribution in [2.75, 3.05) is 6.61 Å². The van der Waals surface area contributed by atoms with Crippen molar-refractivity contribution >= 4 is 11.3 Å². The standard InChI is InChI=1S/C7H8F3NOS/c8-7(9,10)4-1-6(13-3-4)5(11)2-12/h1,3,5,12H,2,11H2/t5-/m0/s1. The molecule has 1 aromatic heterocycles. The van der Waals surface area contributed by atoms with Gasteiger partial charge in [-0.15, -0.1) is 11.3 Å². The average molecular weight is 211 g/mol. The molecule has 3 N–H and O–H groups in total. The quantitative estimate of drug-likeness (QED) is 0.783. The predicted molar refractivity (Wildman–Crippen MR) is 43.3 cm³/mol. The fourth-order valence-corrected chi connectivity index (χ4v) is 1.69. The highest BCUT2D eigenvalue weighted by Crippen LogP contribution is 2.33. The number of hydrogen-bond donors (Lipinski definition) is 2. The van der Waals surface area contributed by atoms with Gasteiger partial charge in [0.25, 0.3) is 0 Å². The molecule has 0 aromatic carbocycles. The second-order valence-electron chi connectivity index (χ2n) is 2.52.